The Morgan fingerprint density at radius 1 is 0.970 bits per heavy atom. The van der Waals surface area contributed by atoms with E-state index < -0.39 is 29.7 Å². The number of amides is 4. The van der Waals surface area contributed by atoms with E-state index in [0.29, 0.717) is 11.4 Å². The van der Waals surface area contributed by atoms with Crippen molar-refractivity contribution in [3.8, 4) is 0 Å². The van der Waals surface area contributed by atoms with Crippen molar-refractivity contribution in [2.24, 2.45) is 0 Å². The van der Waals surface area contributed by atoms with Gasteiger partial charge in [0.2, 0.25) is 5.91 Å². The van der Waals surface area contributed by atoms with Gasteiger partial charge in [-0.05, 0) is 44.2 Å². The van der Waals surface area contributed by atoms with E-state index in [1.54, 1.807) is 13.0 Å². The number of nitrogens with zero attached hydrogens (tertiary/aromatic N) is 1. The Morgan fingerprint density at radius 2 is 1.73 bits per heavy atom. The molecule has 0 spiro atoms. The number of aryl methyl sites for hydroxylation is 1. The number of imide groups is 1. The van der Waals surface area contributed by atoms with Crippen LogP contribution in [0, 0.1) is 6.92 Å². The number of aromatic amines is 1. The number of hydrogen-bond acceptors (Lipinski definition) is 5. The lowest BCUT2D eigenvalue weighted by molar-refractivity contribution is -0.117. The van der Waals surface area contributed by atoms with Crippen molar-refractivity contribution < 1.29 is 19.2 Å². The molecule has 164 valence electrons. The molecule has 4 N–H and O–H groups in total. The first-order valence-corrected chi connectivity index (χ1v) is 10.3. The molecule has 33 heavy (non-hydrogen) atoms. The van der Waals surface area contributed by atoms with Crippen molar-refractivity contribution in [3.05, 3.63) is 71.0 Å². The Balaban J connectivity index is 1.33. The third-order valence-corrected chi connectivity index (χ3v) is 5.65. The van der Waals surface area contributed by atoms with Crippen LogP contribution in [0.25, 0.3) is 21.8 Å². The number of carbonyl (C=O) groups is 4. The van der Waals surface area contributed by atoms with Gasteiger partial charge in [-0.1, -0.05) is 18.2 Å². The van der Waals surface area contributed by atoms with E-state index in [1.807, 2.05) is 31.2 Å². The van der Waals surface area contributed by atoms with Crippen LogP contribution in [0.3, 0.4) is 0 Å². The molecule has 0 fully saturated rings. The minimum Gasteiger partial charge on any atom is -0.353 e. The number of aromatic nitrogens is 2. The first kappa shape index (κ1) is 20.4. The summed E-state index contributed by atoms with van der Waals surface area (Å²) in [6.45, 7) is 3.37. The maximum absolute atomic E-state index is 12.8. The number of benzene rings is 2. The SMILES string of the molecule is Cc1nc(C(=O)NC(C)C(=O)Nc2ccc3c(c2)C(=O)NC3=O)cc2c1[nH]c1ccccc12. The Labute approximate surface area is 187 Å². The molecule has 0 saturated carbocycles. The van der Waals surface area contributed by atoms with Gasteiger partial charge in [-0.3, -0.25) is 24.5 Å². The number of nitrogens with one attached hydrogen (secondary N) is 4. The van der Waals surface area contributed by atoms with Gasteiger partial charge in [0, 0.05) is 22.0 Å². The van der Waals surface area contributed by atoms with Gasteiger partial charge < -0.3 is 15.6 Å². The van der Waals surface area contributed by atoms with Gasteiger partial charge >= 0.3 is 0 Å². The maximum atomic E-state index is 12.8. The average molecular weight is 441 g/mol. The number of hydrogen-bond donors (Lipinski definition) is 4. The lowest BCUT2D eigenvalue weighted by atomic mass is 10.1. The Kier molecular flexibility index (Phi) is 4.67. The van der Waals surface area contributed by atoms with E-state index in [4.69, 9.17) is 0 Å². The minimum absolute atomic E-state index is 0.196. The van der Waals surface area contributed by atoms with Crippen LogP contribution in [-0.2, 0) is 4.79 Å². The molecule has 1 atom stereocenters. The quantitative estimate of drug-likeness (QED) is 0.362. The number of carbonyl (C=O) groups excluding carboxylic acids is 4. The predicted octanol–water partition coefficient (Wildman–Crippen LogP) is 2.67. The van der Waals surface area contributed by atoms with Gasteiger partial charge in [0.25, 0.3) is 17.7 Å². The van der Waals surface area contributed by atoms with Gasteiger partial charge in [-0.2, -0.15) is 0 Å². The standard InChI is InChI=1S/C24H19N5O4/c1-11-20-16(14-5-3-4-6-18(14)28-20)10-19(25-11)24(33)26-12(2)21(30)27-13-7-8-15-17(9-13)23(32)29-22(15)31/h3-10,12,28H,1-2H3,(H,26,33)(H,27,30)(H,29,31,32). The molecule has 0 radical (unpaired) electrons. The molecule has 2 aromatic carbocycles. The van der Waals surface area contributed by atoms with Crippen LogP contribution in [0.15, 0.2) is 48.5 Å². The van der Waals surface area contributed by atoms with Crippen LogP contribution in [0.5, 0.6) is 0 Å². The molecule has 2 aromatic heterocycles. The lowest BCUT2D eigenvalue weighted by Crippen LogP contribution is -2.42. The number of fused-ring (bicyclic) bond motifs is 4. The largest absolute Gasteiger partial charge is 0.353 e. The molecule has 9 heteroatoms. The summed E-state index contributed by atoms with van der Waals surface area (Å²) in [6, 6.07) is 13.0. The number of anilines is 1. The molecule has 1 aliphatic heterocycles. The molecule has 0 saturated heterocycles. The van der Waals surface area contributed by atoms with Gasteiger partial charge in [0.1, 0.15) is 11.7 Å². The van der Waals surface area contributed by atoms with Crippen molar-refractivity contribution in [1.82, 2.24) is 20.6 Å². The van der Waals surface area contributed by atoms with E-state index >= 15 is 0 Å². The van der Waals surface area contributed by atoms with E-state index in [-0.39, 0.29) is 16.8 Å². The molecule has 0 aliphatic carbocycles. The highest BCUT2D eigenvalue weighted by Gasteiger charge is 2.27. The molecule has 4 amide bonds. The van der Waals surface area contributed by atoms with Crippen molar-refractivity contribution in [3.63, 3.8) is 0 Å². The fourth-order valence-corrected chi connectivity index (χ4v) is 3.95. The summed E-state index contributed by atoms with van der Waals surface area (Å²) < 4.78 is 0. The molecule has 3 heterocycles. The zero-order valence-electron chi connectivity index (χ0n) is 17.8. The van der Waals surface area contributed by atoms with Crippen LogP contribution in [-0.4, -0.2) is 39.6 Å². The highest BCUT2D eigenvalue weighted by atomic mass is 16.2. The second-order valence-electron chi connectivity index (χ2n) is 7.91. The Hall–Kier alpha value is -4.53. The number of para-hydroxylation sites is 1. The van der Waals surface area contributed by atoms with Gasteiger partial charge in [0.05, 0.1) is 22.3 Å². The molecular weight excluding hydrogens is 422 g/mol. The summed E-state index contributed by atoms with van der Waals surface area (Å²) >= 11 is 0. The normalized spacial score (nSPS) is 13.6. The molecular formula is C24H19N5O4. The zero-order chi connectivity index (χ0) is 23.3. The maximum Gasteiger partial charge on any atom is 0.270 e. The second kappa shape index (κ2) is 7.56. The van der Waals surface area contributed by atoms with Crippen molar-refractivity contribution in [2.45, 2.75) is 19.9 Å². The van der Waals surface area contributed by atoms with Crippen LogP contribution >= 0.6 is 0 Å². The molecule has 1 unspecified atom stereocenters. The van der Waals surface area contributed by atoms with Crippen LogP contribution in [0.2, 0.25) is 0 Å². The van der Waals surface area contributed by atoms with Crippen LogP contribution < -0.4 is 16.0 Å². The molecule has 4 aromatic rings. The molecule has 1 aliphatic rings. The van der Waals surface area contributed by atoms with E-state index in [2.05, 4.69) is 25.9 Å². The smallest absolute Gasteiger partial charge is 0.270 e. The third kappa shape index (κ3) is 3.49. The number of rotatable bonds is 4. The van der Waals surface area contributed by atoms with Crippen molar-refractivity contribution in [2.75, 3.05) is 5.32 Å². The van der Waals surface area contributed by atoms with Crippen molar-refractivity contribution in [1.29, 1.82) is 0 Å². The second-order valence-corrected chi connectivity index (χ2v) is 7.91. The summed E-state index contributed by atoms with van der Waals surface area (Å²) in [6.07, 6.45) is 0. The van der Waals surface area contributed by atoms with Crippen molar-refractivity contribution >= 4 is 51.1 Å². The summed E-state index contributed by atoms with van der Waals surface area (Å²) in [7, 11) is 0. The summed E-state index contributed by atoms with van der Waals surface area (Å²) in [4.78, 5) is 56.7. The Bertz CT molecular complexity index is 1500. The minimum atomic E-state index is -0.873. The molecule has 5 rings (SSSR count). The van der Waals surface area contributed by atoms with Gasteiger partial charge in [-0.25, -0.2) is 4.98 Å². The summed E-state index contributed by atoms with van der Waals surface area (Å²) in [5.74, 6) is -1.94. The monoisotopic (exact) mass is 441 g/mol. The highest BCUT2D eigenvalue weighted by molar-refractivity contribution is 6.22. The molecule has 9 nitrogen and oxygen atoms in total. The highest BCUT2D eigenvalue weighted by Crippen LogP contribution is 2.27. The Morgan fingerprint density at radius 3 is 2.55 bits per heavy atom. The van der Waals surface area contributed by atoms with Gasteiger partial charge in [0.15, 0.2) is 0 Å². The van der Waals surface area contributed by atoms with Crippen LogP contribution in [0.4, 0.5) is 5.69 Å². The van der Waals surface area contributed by atoms with E-state index in [9.17, 15) is 19.2 Å². The number of H-pyrrole nitrogens is 1. The summed E-state index contributed by atoms with van der Waals surface area (Å²) in [5, 5.41) is 9.38. The first-order chi connectivity index (χ1) is 15.8. The fraction of sp³-hybridized carbons (Fsp3) is 0.125. The third-order valence-electron chi connectivity index (χ3n) is 5.65. The lowest BCUT2D eigenvalue weighted by Gasteiger charge is -2.14. The molecule has 0 bridgehead atoms. The fourth-order valence-electron chi connectivity index (χ4n) is 3.95. The summed E-state index contributed by atoms with van der Waals surface area (Å²) in [5.41, 5.74) is 3.49. The van der Waals surface area contributed by atoms with E-state index in [0.717, 1.165) is 21.8 Å². The average Bonchev–Trinajstić information content (AvgIpc) is 3.31. The first-order valence-electron chi connectivity index (χ1n) is 10.3. The van der Waals surface area contributed by atoms with E-state index in [1.165, 1.54) is 18.2 Å². The van der Waals surface area contributed by atoms with Crippen LogP contribution in [0.1, 0.15) is 43.8 Å². The van der Waals surface area contributed by atoms with Gasteiger partial charge in [-0.15, -0.1) is 0 Å². The predicted molar refractivity (Wildman–Crippen MR) is 122 cm³/mol. The number of pyridine rings is 1. The topological polar surface area (TPSA) is 133 Å². The zero-order valence-corrected chi connectivity index (χ0v) is 17.8.